The standard InChI is InChI=1S/C14H13N5O3S/c1-21-11-4-2-10(3-5-11)12(20)7-23-14-18-17-13(22-14)6-19-9-15-8-16-19/h2-5,8-9H,6-7H2,1H3. The van der Waals surface area contributed by atoms with E-state index in [9.17, 15) is 4.79 Å². The number of nitrogens with zero attached hydrogens (tertiary/aromatic N) is 5. The fraction of sp³-hybridized carbons (Fsp3) is 0.214. The van der Waals surface area contributed by atoms with Gasteiger partial charge in [-0.2, -0.15) is 5.10 Å². The van der Waals surface area contributed by atoms with Crippen molar-refractivity contribution in [3.05, 3.63) is 48.4 Å². The molecule has 0 N–H and O–H groups in total. The molecule has 0 aliphatic rings. The van der Waals surface area contributed by atoms with Crippen molar-refractivity contribution in [1.82, 2.24) is 25.0 Å². The highest BCUT2D eigenvalue weighted by Crippen LogP contribution is 2.19. The maximum Gasteiger partial charge on any atom is 0.277 e. The van der Waals surface area contributed by atoms with Crippen LogP contribution in [0.15, 0.2) is 46.6 Å². The molecule has 3 aromatic rings. The molecule has 0 aliphatic heterocycles. The molecule has 0 aliphatic carbocycles. The molecule has 3 rings (SSSR count). The summed E-state index contributed by atoms with van der Waals surface area (Å²) in [5.41, 5.74) is 0.612. The van der Waals surface area contributed by atoms with Crippen molar-refractivity contribution in [1.29, 1.82) is 0 Å². The van der Waals surface area contributed by atoms with E-state index in [4.69, 9.17) is 9.15 Å². The van der Waals surface area contributed by atoms with Gasteiger partial charge in [0.15, 0.2) is 5.78 Å². The Hall–Kier alpha value is -2.68. The molecule has 8 nitrogen and oxygen atoms in total. The lowest BCUT2D eigenvalue weighted by Crippen LogP contribution is -2.02. The summed E-state index contributed by atoms with van der Waals surface area (Å²) in [6, 6.07) is 6.96. The average Bonchev–Trinajstić information content (AvgIpc) is 3.25. The van der Waals surface area contributed by atoms with Gasteiger partial charge in [0.05, 0.1) is 12.9 Å². The normalized spacial score (nSPS) is 10.7. The molecule has 0 atom stereocenters. The van der Waals surface area contributed by atoms with Crippen molar-refractivity contribution in [3.63, 3.8) is 0 Å². The van der Waals surface area contributed by atoms with Gasteiger partial charge >= 0.3 is 0 Å². The van der Waals surface area contributed by atoms with Gasteiger partial charge in [-0.15, -0.1) is 10.2 Å². The summed E-state index contributed by atoms with van der Waals surface area (Å²) in [5, 5.41) is 12.1. The molecule has 2 aromatic heterocycles. The van der Waals surface area contributed by atoms with Gasteiger partial charge in [0.25, 0.3) is 5.22 Å². The summed E-state index contributed by atoms with van der Waals surface area (Å²) in [6.07, 6.45) is 2.99. The number of Topliss-reactive ketones (excluding diaryl/α,β-unsaturated/α-hetero) is 1. The highest BCUT2D eigenvalue weighted by molar-refractivity contribution is 7.99. The second-order valence-corrected chi connectivity index (χ2v) is 5.42. The Labute approximate surface area is 135 Å². The van der Waals surface area contributed by atoms with Crippen molar-refractivity contribution >= 4 is 17.5 Å². The van der Waals surface area contributed by atoms with Crippen LogP contribution >= 0.6 is 11.8 Å². The predicted octanol–water partition coefficient (Wildman–Crippen LogP) is 1.69. The molecule has 0 bridgehead atoms. The number of ether oxygens (including phenoxy) is 1. The van der Waals surface area contributed by atoms with E-state index < -0.39 is 0 Å². The number of hydrogen-bond acceptors (Lipinski definition) is 8. The Morgan fingerprint density at radius 3 is 2.83 bits per heavy atom. The van der Waals surface area contributed by atoms with Gasteiger partial charge in [-0.05, 0) is 24.3 Å². The Kier molecular flexibility index (Phi) is 4.67. The number of methoxy groups -OCH3 is 1. The number of rotatable bonds is 7. The lowest BCUT2D eigenvalue weighted by atomic mass is 10.1. The Morgan fingerprint density at radius 2 is 2.13 bits per heavy atom. The van der Waals surface area contributed by atoms with Gasteiger partial charge in [0.2, 0.25) is 5.89 Å². The number of benzene rings is 1. The van der Waals surface area contributed by atoms with Crippen LogP contribution in [0.2, 0.25) is 0 Å². The van der Waals surface area contributed by atoms with E-state index in [1.54, 1.807) is 42.4 Å². The quantitative estimate of drug-likeness (QED) is 0.477. The average molecular weight is 331 g/mol. The molecule has 0 fully saturated rings. The first kappa shape index (κ1) is 15.2. The molecule has 118 valence electrons. The first-order valence-electron chi connectivity index (χ1n) is 6.69. The number of carbonyl (C=O) groups is 1. The van der Waals surface area contributed by atoms with Gasteiger partial charge in [0, 0.05) is 5.56 Å². The first-order chi connectivity index (χ1) is 11.2. The molecule has 0 amide bonds. The highest BCUT2D eigenvalue weighted by atomic mass is 32.2. The third-order valence-corrected chi connectivity index (χ3v) is 3.77. The molecule has 0 radical (unpaired) electrons. The van der Waals surface area contributed by atoms with E-state index in [1.807, 2.05) is 0 Å². The largest absolute Gasteiger partial charge is 0.497 e. The van der Waals surface area contributed by atoms with E-state index in [-0.39, 0.29) is 11.5 Å². The summed E-state index contributed by atoms with van der Waals surface area (Å²) in [6.45, 7) is 0.347. The number of hydrogen-bond donors (Lipinski definition) is 0. The molecule has 1 aromatic carbocycles. The summed E-state index contributed by atoms with van der Waals surface area (Å²) in [5.74, 6) is 1.32. The molecule has 0 saturated heterocycles. The van der Waals surface area contributed by atoms with Crippen molar-refractivity contribution < 1.29 is 13.9 Å². The Bertz CT molecular complexity index is 770. The summed E-state index contributed by atoms with van der Waals surface area (Å²) in [7, 11) is 1.58. The maximum absolute atomic E-state index is 12.1. The van der Waals surface area contributed by atoms with Crippen LogP contribution < -0.4 is 4.74 Å². The van der Waals surface area contributed by atoms with Crippen LogP contribution in [0.25, 0.3) is 0 Å². The fourth-order valence-electron chi connectivity index (χ4n) is 1.80. The van der Waals surface area contributed by atoms with Crippen molar-refractivity contribution in [2.75, 3.05) is 12.9 Å². The molecule has 2 heterocycles. The van der Waals surface area contributed by atoms with Gasteiger partial charge in [-0.1, -0.05) is 11.8 Å². The zero-order valence-electron chi connectivity index (χ0n) is 12.2. The lowest BCUT2D eigenvalue weighted by molar-refractivity contribution is 0.102. The maximum atomic E-state index is 12.1. The van der Waals surface area contributed by atoms with E-state index >= 15 is 0 Å². The molecular formula is C14H13N5O3S. The second kappa shape index (κ2) is 7.05. The number of aromatic nitrogens is 5. The predicted molar refractivity (Wildman–Crippen MR) is 81.5 cm³/mol. The monoisotopic (exact) mass is 331 g/mol. The topological polar surface area (TPSA) is 95.9 Å². The van der Waals surface area contributed by atoms with Gasteiger partial charge in [0.1, 0.15) is 24.9 Å². The fourth-order valence-corrected chi connectivity index (χ4v) is 2.48. The second-order valence-electron chi connectivity index (χ2n) is 4.50. The summed E-state index contributed by atoms with van der Waals surface area (Å²) >= 11 is 1.20. The molecular weight excluding hydrogens is 318 g/mol. The third kappa shape index (κ3) is 3.95. The zero-order chi connectivity index (χ0) is 16.1. The molecule has 0 saturated carbocycles. The van der Waals surface area contributed by atoms with E-state index in [2.05, 4.69) is 20.3 Å². The minimum absolute atomic E-state index is 0.0197. The van der Waals surface area contributed by atoms with Crippen molar-refractivity contribution in [2.24, 2.45) is 0 Å². The van der Waals surface area contributed by atoms with Crippen LogP contribution in [0.4, 0.5) is 0 Å². The van der Waals surface area contributed by atoms with Crippen LogP contribution in [0, 0.1) is 0 Å². The minimum atomic E-state index is -0.0197. The van der Waals surface area contributed by atoms with Crippen LogP contribution in [-0.4, -0.2) is 43.6 Å². The first-order valence-corrected chi connectivity index (χ1v) is 7.68. The highest BCUT2D eigenvalue weighted by Gasteiger charge is 2.12. The smallest absolute Gasteiger partial charge is 0.277 e. The SMILES string of the molecule is COc1ccc(C(=O)CSc2nnc(Cn3cncn3)o2)cc1. The van der Waals surface area contributed by atoms with Crippen LogP contribution in [-0.2, 0) is 6.54 Å². The van der Waals surface area contributed by atoms with Gasteiger partial charge in [-0.25, -0.2) is 9.67 Å². The molecule has 0 spiro atoms. The van der Waals surface area contributed by atoms with Crippen LogP contribution in [0.5, 0.6) is 5.75 Å². The molecule has 9 heteroatoms. The summed E-state index contributed by atoms with van der Waals surface area (Å²) in [4.78, 5) is 15.9. The number of thioether (sulfide) groups is 1. The van der Waals surface area contributed by atoms with Crippen molar-refractivity contribution in [3.8, 4) is 5.75 Å². The van der Waals surface area contributed by atoms with Gasteiger partial charge < -0.3 is 9.15 Å². The molecule has 23 heavy (non-hydrogen) atoms. The number of ketones is 1. The van der Waals surface area contributed by atoms with Crippen LogP contribution in [0.3, 0.4) is 0 Å². The number of carbonyl (C=O) groups excluding carboxylic acids is 1. The third-order valence-electron chi connectivity index (χ3n) is 2.95. The Balaban J connectivity index is 1.55. The van der Waals surface area contributed by atoms with Crippen LogP contribution in [0.1, 0.15) is 16.2 Å². The molecule has 0 unspecified atom stereocenters. The summed E-state index contributed by atoms with van der Waals surface area (Å²) < 4.78 is 12.1. The Morgan fingerprint density at radius 1 is 1.30 bits per heavy atom. The van der Waals surface area contributed by atoms with E-state index in [1.165, 1.54) is 18.1 Å². The minimum Gasteiger partial charge on any atom is -0.497 e. The van der Waals surface area contributed by atoms with E-state index in [0.717, 1.165) is 0 Å². The lowest BCUT2D eigenvalue weighted by Gasteiger charge is -2.01. The van der Waals surface area contributed by atoms with Crippen molar-refractivity contribution in [2.45, 2.75) is 11.8 Å². The van der Waals surface area contributed by atoms with Gasteiger partial charge in [-0.3, -0.25) is 4.79 Å². The zero-order valence-corrected chi connectivity index (χ0v) is 13.1. The van der Waals surface area contributed by atoms with E-state index in [0.29, 0.717) is 29.0 Å².